The van der Waals surface area contributed by atoms with Crippen LogP contribution >= 0.6 is 0 Å². The second-order valence-corrected chi connectivity index (χ2v) is 14.7. The average Bonchev–Trinajstić information content (AvgIpc) is 3.56. The monoisotopic (exact) mass is 715 g/mol. The maximum absolute atomic E-state index is 9.50. The Balaban J connectivity index is 1.00. The Morgan fingerprint density at radius 1 is 0.536 bits per heavy atom. The molecule has 4 heteroatoms. The molecule has 1 spiro atoms. The van der Waals surface area contributed by atoms with Gasteiger partial charge >= 0.3 is 0 Å². The van der Waals surface area contributed by atoms with Gasteiger partial charge < -0.3 is 4.74 Å². The van der Waals surface area contributed by atoms with Crippen LogP contribution in [0.2, 0.25) is 0 Å². The summed E-state index contributed by atoms with van der Waals surface area (Å²) in [6.07, 6.45) is 4.11. The summed E-state index contributed by atoms with van der Waals surface area (Å²) in [5, 5.41) is 10.5. The molecule has 0 saturated carbocycles. The Bertz CT molecular complexity index is 2970. The van der Waals surface area contributed by atoms with Gasteiger partial charge in [-0.25, -0.2) is 9.97 Å². The number of hydrogen-bond donors (Lipinski definition) is 0. The predicted molar refractivity (Wildman–Crippen MR) is 224 cm³/mol. The maximum atomic E-state index is 9.50. The van der Waals surface area contributed by atoms with E-state index in [1.807, 2.05) is 36.4 Å². The van der Waals surface area contributed by atoms with Crippen molar-refractivity contribution in [1.82, 2.24) is 9.97 Å². The molecule has 0 atom stereocenters. The van der Waals surface area contributed by atoms with E-state index in [1.165, 1.54) is 44.5 Å². The second-order valence-electron chi connectivity index (χ2n) is 14.7. The Kier molecular flexibility index (Phi) is 7.24. The summed E-state index contributed by atoms with van der Waals surface area (Å²) in [6.45, 7) is 0. The number of nitrogens with zero attached hydrogens (tertiary/aromatic N) is 3. The van der Waals surface area contributed by atoms with Crippen LogP contribution in [-0.2, 0) is 5.41 Å². The number of ether oxygens (including phenoxy) is 1. The van der Waals surface area contributed by atoms with Crippen molar-refractivity contribution in [3.63, 3.8) is 0 Å². The fraction of sp³-hybridized carbons (Fsp3) is 0.0577. The molecule has 2 heterocycles. The molecule has 0 amide bonds. The molecule has 3 aliphatic rings. The number of hydrogen-bond acceptors (Lipinski definition) is 4. The first-order valence-electron chi connectivity index (χ1n) is 19.1. The fourth-order valence-electron chi connectivity index (χ4n) is 9.19. The van der Waals surface area contributed by atoms with E-state index in [-0.39, 0.29) is 0 Å². The summed E-state index contributed by atoms with van der Waals surface area (Å²) in [4.78, 5) is 10.3. The standard InChI is InChI=1S/C52H33N3O/c53-32-33-11-9-12-36(29-33)37-13-10-14-39(30-37)50-42-17-3-7-21-47(42)54-51(55-50)35-25-23-34(24-26-35)38-27-28-49-46(31-38)52(45-20-6-8-22-48(45)56-49)43-18-4-1-15-40(43)41-16-2-5-19-44(41)52/h1-26,29-31H,27-28H2. The average molecular weight is 716 g/mol. The van der Waals surface area contributed by atoms with Crippen LogP contribution in [0.15, 0.2) is 187 Å². The fourth-order valence-corrected chi connectivity index (χ4v) is 9.19. The van der Waals surface area contributed by atoms with Gasteiger partial charge in [-0.1, -0.05) is 146 Å². The van der Waals surface area contributed by atoms with E-state index in [2.05, 4.69) is 146 Å². The molecule has 0 radical (unpaired) electrons. The molecule has 11 rings (SSSR count). The van der Waals surface area contributed by atoms with Gasteiger partial charge in [-0.2, -0.15) is 5.26 Å². The van der Waals surface area contributed by atoms with Crippen LogP contribution < -0.4 is 4.74 Å². The van der Waals surface area contributed by atoms with Gasteiger partial charge in [0.1, 0.15) is 11.5 Å². The Hall–Kier alpha value is -7.35. The van der Waals surface area contributed by atoms with Gasteiger partial charge in [0, 0.05) is 34.1 Å². The largest absolute Gasteiger partial charge is 0.461 e. The molecule has 56 heavy (non-hydrogen) atoms. The van der Waals surface area contributed by atoms with Gasteiger partial charge in [0.25, 0.3) is 0 Å². The SMILES string of the molecule is N#Cc1cccc(-c2cccc(-c3nc(-c4ccc(C5=CC6=C(CC5)Oc5ccccc5C65c6ccccc6-c6ccccc65)cc4)nc4ccccc34)c2)c1. The smallest absolute Gasteiger partial charge is 0.160 e. The first-order chi connectivity index (χ1) is 27.7. The second kappa shape index (κ2) is 12.6. The number of para-hydroxylation sites is 2. The van der Waals surface area contributed by atoms with Gasteiger partial charge in [-0.3, -0.25) is 0 Å². The molecule has 2 aliphatic carbocycles. The normalized spacial score (nSPS) is 14.6. The topological polar surface area (TPSA) is 58.8 Å². The zero-order valence-corrected chi connectivity index (χ0v) is 30.4. The third-order valence-electron chi connectivity index (χ3n) is 11.7. The van der Waals surface area contributed by atoms with Crippen LogP contribution in [0, 0.1) is 11.3 Å². The molecule has 262 valence electrons. The van der Waals surface area contributed by atoms with Crippen molar-refractivity contribution in [2.24, 2.45) is 0 Å². The van der Waals surface area contributed by atoms with Gasteiger partial charge in [-0.05, 0) is 81.3 Å². The van der Waals surface area contributed by atoms with Crippen molar-refractivity contribution in [3.8, 4) is 56.7 Å². The first kappa shape index (κ1) is 32.1. The van der Waals surface area contributed by atoms with E-state index in [0.29, 0.717) is 11.4 Å². The van der Waals surface area contributed by atoms with E-state index < -0.39 is 5.41 Å². The number of rotatable bonds is 4. The van der Waals surface area contributed by atoms with Gasteiger partial charge in [0.15, 0.2) is 5.82 Å². The third-order valence-corrected chi connectivity index (χ3v) is 11.7. The molecule has 4 nitrogen and oxygen atoms in total. The summed E-state index contributed by atoms with van der Waals surface area (Å²) in [7, 11) is 0. The number of aromatic nitrogens is 2. The Morgan fingerprint density at radius 2 is 1.18 bits per heavy atom. The number of benzene rings is 7. The number of nitriles is 1. The van der Waals surface area contributed by atoms with Gasteiger partial charge in [0.05, 0.1) is 28.3 Å². The molecule has 0 fully saturated rings. The van der Waals surface area contributed by atoms with Crippen molar-refractivity contribution in [2.75, 3.05) is 0 Å². The zero-order chi connectivity index (χ0) is 37.2. The lowest BCUT2D eigenvalue weighted by Gasteiger charge is -2.42. The molecule has 0 saturated heterocycles. The summed E-state index contributed by atoms with van der Waals surface area (Å²) in [5.74, 6) is 2.67. The highest BCUT2D eigenvalue weighted by molar-refractivity contribution is 5.95. The van der Waals surface area contributed by atoms with Gasteiger partial charge in [0.2, 0.25) is 0 Å². The van der Waals surface area contributed by atoms with Crippen LogP contribution in [-0.4, -0.2) is 9.97 Å². The van der Waals surface area contributed by atoms with Crippen LogP contribution in [0.4, 0.5) is 0 Å². The summed E-state index contributed by atoms with van der Waals surface area (Å²) in [5.41, 5.74) is 16.0. The highest BCUT2D eigenvalue weighted by atomic mass is 16.5. The van der Waals surface area contributed by atoms with Crippen molar-refractivity contribution in [3.05, 3.63) is 215 Å². The molecular formula is C52H33N3O. The molecular weight excluding hydrogens is 683 g/mol. The van der Waals surface area contributed by atoms with E-state index in [0.717, 1.165) is 63.2 Å². The van der Waals surface area contributed by atoms with E-state index >= 15 is 0 Å². The summed E-state index contributed by atoms with van der Waals surface area (Å²) < 4.78 is 6.75. The van der Waals surface area contributed by atoms with E-state index in [1.54, 1.807) is 0 Å². The Labute approximate surface area is 325 Å². The minimum atomic E-state index is -0.464. The molecule has 8 aromatic rings. The number of fused-ring (bicyclic) bond motifs is 9. The first-order valence-corrected chi connectivity index (χ1v) is 19.1. The lowest BCUT2D eigenvalue weighted by atomic mass is 9.64. The lowest BCUT2D eigenvalue weighted by Crippen LogP contribution is -2.35. The zero-order valence-electron chi connectivity index (χ0n) is 30.4. The van der Waals surface area contributed by atoms with Crippen molar-refractivity contribution < 1.29 is 4.74 Å². The molecule has 0 unspecified atom stereocenters. The number of allylic oxidation sites excluding steroid dienone is 4. The third kappa shape index (κ3) is 4.85. The summed E-state index contributed by atoms with van der Waals surface area (Å²) >= 11 is 0. The molecule has 1 aromatic heterocycles. The van der Waals surface area contributed by atoms with E-state index in [9.17, 15) is 5.26 Å². The van der Waals surface area contributed by atoms with Gasteiger partial charge in [-0.15, -0.1) is 0 Å². The quantitative estimate of drug-likeness (QED) is 0.182. The Morgan fingerprint density at radius 3 is 1.96 bits per heavy atom. The highest BCUT2D eigenvalue weighted by Gasteiger charge is 2.52. The predicted octanol–water partition coefficient (Wildman–Crippen LogP) is 12.3. The molecule has 0 N–H and O–H groups in total. The molecule has 0 bridgehead atoms. The van der Waals surface area contributed by atoms with Crippen LogP contribution in [0.25, 0.3) is 61.4 Å². The maximum Gasteiger partial charge on any atom is 0.160 e. The van der Waals surface area contributed by atoms with E-state index in [4.69, 9.17) is 14.7 Å². The molecule has 1 aliphatic heterocycles. The summed E-state index contributed by atoms with van der Waals surface area (Å²) in [6, 6.07) is 61.6. The van der Waals surface area contributed by atoms with Crippen LogP contribution in [0.3, 0.4) is 0 Å². The van der Waals surface area contributed by atoms with Crippen LogP contribution in [0.5, 0.6) is 5.75 Å². The molecule has 7 aromatic carbocycles. The van der Waals surface area contributed by atoms with Crippen molar-refractivity contribution in [2.45, 2.75) is 18.3 Å². The highest BCUT2D eigenvalue weighted by Crippen LogP contribution is 2.62. The minimum absolute atomic E-state index is 0.464. The minimum Gasteiger partial charge on any atom is -0.461 e. The van der Waals surface area contributed by atoms with Crippen molar-refractivity contribution >= 4 is 16.5 Å². The van der Waals surface area contributed by atoms with Crippen LogP contribution in [0.1, 0.15) is 40.7 Å². The van der Waals surface area contributed by atoms with Crippen molar-refractivity contribution in [1.29, 1.82) is 5.26 Å². The lowest BCUT2D eigenvalue weighted by molar-refractivity contribution is 0.365.